The molecule has 174 valence electrons. The van der Waals surface area contributed by atoms with Gasteiger partial charge in [-0.1, -0.05) is 48.0 Å². The van der Waals surface area contributed by atoms with Crippen molar-refractivity contribution in [1.82, 2.24) is 5.32 Å². The Labute approximate surface area is 198 Å². The Hall–Kier alpha value is -4.24. The van der Waals surface area contributed by atoms with Crippen LogP contribution in [0.25, 0.3) is 0 Å². The Morgan fingerprint density at radius 2 is 1.53 bits per heavy atom. The van der Waals surface area contributed by atoms with Gasteiger partial charge in [0, 0.05) is 12.1 Å². The first-order valence-electron chi connectivity index (χ1n) is 9.98. The second kappa shape index (κ2) is 11.1. The number of carboxylic acids is 1. The maximum absolute atomic E-state index is 14.0. The highest BCUT2D eigenvalue weighted by Gasteiger charge is 2.25. The minimum Gasteiger partial charge on any atom is -0.478 e. The van der Waals surface area contributed by atoms with Crippen molar-refractivity contribution in [2.75, 3.05) is 10.6 Å². The molecule has 4 N–H and O–H groups in total. The molecule has 1 atom stereocenters. The van der Waals surface area contributed by atoms with E-state index in [9.17, 15) is 23.6 Å². The molecule has 3 aromatic rings. The van der Waals surface area contributed by atoms with E-state index in [1.807, 2.05) is 0 Å². The lowest BCUT2D eigenvalue weighted by Gasteiger charge is -2.19. The molecule has 0 saturated heterocycles. The first kappa shape index (κ1) is 24.4. The van der Waals surface area contributed by atoms with E-state index >= 15 is 0 Å². The molecule has 3 amide bonds. The van der Waals surface area contributed by atoms with Gasteiger partial charge in [-0.25, -0.2) is 9.18 Å². The maximum Gasteiger partial charge on any atom is 0.335 e. The van der Waals surface area contributed by atoms with Gasteiger partial charge in [0.25, 0.3) is 0 Å². The van der Waals surface area contributed by atoms with Crippen LogP contribution in [0.4, 0.5) is 15.8 Å². The SMILES string of the molecule is O=C(Nc1cccc(Cl)c1F)C(=O)N[C@@H](Cc1ccccc1)C(=O)Nc1ccc(C(=O)O)cc1. The number of benzene rings is 3. The number of carbonyl (C=O) groups is 4. The van der Waals surface area contributed by atoms with Crippen LogP contribution in [0.2, 0.25) is 5.02 Å². The molecular formula is C24H19ClFN3O5. The van der Waals surface area contributed by atoms with E-state index in [1.165, 1.54) is 42.5 Å². The molecule has 0 radical (unpaired) electrons. The number of anilines is 2. The van der Waals surface area contributed by atoms with E-state index in [1.54, 1.807) is 30.3 Å². The Kier molecular flexibility index (Phi) is 7.94. The van der Waals surface area contributed by atoms with Gasteiger partial charge in [0.2, 0.25) is 5.91 Å². The smallest absolute Gasteiger partial charge is 0.335 e. The summed E-state index contributed by atoms with van der Waals surface area (Å²) >= 11 is 5.68. The Balaban J connectivity index is 1.74. The molecule has 3 aromatic carbocycles. The molecule has 34 heavy (non-hydrogen) atoms. The molecule has 0 unspecified atom stereocenters. The van der Waals surface area contributed by atoms with Crippen molar-refractivity contribution >= 4 is 46.7 Å². The van der Waals surface area contributed by atoms with Crippen LogP contribution >= 0.6 is 11.6 Å². The largest absolute Gasteiger partial charge is 0.478 e. The molecule has 0 aliphatic rings. The summed E-state index contributed by atoms with van der Waals surface area (Å²) in [6.45, 7) is 0. The van der Waals surface area contributed by atoms with Crippen molar-refractivity contribution in [3.63, 3.8) is 0 Å². The predicted molar refractivity (Wildman–Crippen MR) is 124 cm³/mol. The first-order chi connectivity index (χ1) is 16.2. The van der Waals surface area contributed by atoms with Crippen LogP contribution in [-0.4, -0.2) is 34.8 Å². The normalized spacial score (nSPS) is 11.2. The number of hydrogen-bond acceptors (Lipinski definition) is 4. The fraction of sp³-hybridized carbons (Fsp3) is 0.0833. The van der Waals surface area contributed by atoms with Crippen LogP contribution in [0.15, 0.2) is 72.8 Å². The van der Waals surface area contributed by atoms with E-state index in [0.717, 1.165) is 0 Å². The zero-order valence-electron chi connectivity index (χ0n) is 17.5. The molecule has 0 fully saturated rings. The molecule has 0 bridgehead atoms. The van der Waals surface area contributed by atoms with Crippen molar-refractivity contribution in [1.29, 1.82) is 0 Å². The third kappa shape index (κ3) is 6.39. The highest BCUT2D eigenvalue weighted by molar-refractivity contribution is 6.40. The summed E-state index contributed by atoms with van der Waals surface area (Å²) in [5, 5.41) is 15.8. The fourth-order valence-corrected chi connectivity index (χ4v) is 3.16. The van der Waals surface area contributed by atoms with Crippen molar-refractivity contribution in [2.45, 2.75) is 12.5 Å². The monoisotopic (exact) mass is 483 g/mol. The summed E-state index contributed by atoms with van der Waals surface area (Å²) in [6.07, 6.45) is 0.0599. The van der Waals surface area contributed by atoms with Gasteiger partial charge in [-0.05, 0) is 42.0 Å². The summed E-state index contributed by atoms with van der Waals surface area (Å²) in [4.78, 5) is 48.7. The zero-order valence-corrected chi connectivity index (χ0v) is 18.3. The second-order valence-corrected chi connectivity index (χ2v) is 7.55. The third-order valence-electron chi connectivity index (χ3n) is 4.71. The standard InChI is InChI=1S/C24H19ClFN3O5/c25-17-7-4-8-18(20(17)26)28-22(31)23(32)29-19(13-14-5-2-1-3-6-14)21(30)27-16-11-9-15(10-12-16)24(33)34/h1-12,19H,13H2,(H,27,30)(H,28,31)(H,29,32)(H,33,34)/t19-/m0/s1. The molecular weight excluding hydrogens is 465 g/mol. The summed E-state index contributed by atoms with van der Waals surface area (Å²) in [5.74, 6) is -4.99. The highest BCUT2D eigenvalue weighted by atomic mass is 35.5. The Bertz CT molecular complexity index is 1220. The van der Waals surface area contributed by atoms with Gasteiger partial charge >= 0.3 is 17.8 Å². The topological polar surface area (TPSA) is 125 Å². The summed E-state index contributed by atoms with van der Waals surface area (Å²) in [5.41, 5.74) is 0.769. The Morgan fingerprint density at radius 1 is 0.853 bits per heavy atom. The van der Waals surface area contributed by atoms with Crippen LogP contribution in [0.1, 0.15) is 15.9 Å². The minimum absolute atomic E-state index is 0.0389. The molecule has 3 rings (SSSR count). The average molecular weight is 484 g/mol. The van der Waals surface area contributed by atoms with Gasteiger partial charge in [0.1, 0.15) is 6.04 Å². The van der Waals surface area contributed by atoms with Crippen LogP contribution in [0, 0.1) is 5.82 Å². The minimum atomic E-state index is -1.18. The number of rotatable bonds is 7. The van der Waals surface area contributed by atoms with Crippen molar-refractivity contribution in [3.8, 4) is 0 Å². The third-order valence-corrected chi connectivity index (χ3v) is 5.00. The molecule has 0 aliphatic carbocycles. The number of carboxylic acid groups (broad SMARTS) is 1. The maximum atomic E-state index is 14.0. The fourth-order valence-electron chi connectivity index (χ4n) is 2.99. The van der Waals surface area contributed by atoms with Crippen molar-refractivity contribution in [2.24, 2.45) is 0 Å². The first-order valence-corrected chi connectivity index (χ1v) is 10.4. The quantitative estimate of drug-likeness (QED) is 0.383. The molecule has 0 saturated carbocycles. The highest BCUT2D eigenvalue weighted by Crippen LogP contribution is 2.21. The van der Waals surface area contributed by atoms with Gasteiger partial charge < -0.3 is 21.1 Å². The average Bonchev–Trinajstić information content (AvgIpc) is 2.82. The van der Waals surface area contributed by atoms with Gasteiger partial charge in [-0.15, -0.1) is 0 Å². The summed E-state index contributed by atoms with van der Waals surface area (Å²) < 4.78 is 14.0. The number of carbonyl (C=O) groups excluding carboxylic acids is 3. The molecule has 10 heteroatoms. The second-order valence-electron chi connectivity index (χ2n) is 7.14. The van der Waals surface area contributed by atoms with Crippen LogP contribution in [-0.2, 0) is 20.8 Å². The molecule has 0 aliphatic heterocycles. The van der Waals surface area contributed by atoms with E-state index in [0.29, 0.717) is 11.3 Å². The van der Waals surface area contributed by atoms with Crippen LogP contribution in [0.3, 0.4) is 0 Å². The van der Waals surface area contributed by atoms with Gasteiger partial charge in [-0.3, -0.25) is 14.4 Å². The van der Waals surface area contributed by atoms with E-state index in [-0.39, 0.29) is 22.7 Å². The number of amides is 3. The number of halogens is 2. The number of nitrogens with one attached hydrogen (secondary N) is 3. The zero-order chi connectivity index (χ0) is 24.7. The van der Waals surface area contributed by atoms with E-state index in [4.69, 9.17) is 16.7 Å². The lowest BCUT2D eigenvalue weighted by molar-refractivity contribution is -0.137. The van der Waals surface area contributed by atoms with Crippen molar-refractivity contribution < 1.29 is 28.7 Å². The van der Waals surface area contributed by atoms with E-state index in [2.05, 4.69) is 16.0 Å². The van der Waals surface area contributed by atoms with Gasteiger partial charge in [-0.2, -0.15) is 0 Å². The van der Waals surface area contributed by atoms with Crippen LogP contribution in [0.5, 0.6) is 0 Å². The number of aromatic carboxylic acids is 1. The van der Waals surface area contributed by atoms with Crippen molar-refractivity contribution in [3.05, 3.63) is 94.8 Å². The number of hydrogen-bond donors (Lipinski definition) is 4. The lowest BCUT2D eigenvalue weighted by atomic mass is 10.0. The van der Waals surface area contributed by atoms with Crippen LogP contribution < -0.4 is 16.0 Å². The molecule has 0 spiro atoms. The lowest BCUT2D eigenvalue weighted by Crippen LogP contribution is -2.49. The van der Waals surface area contributed by atoms with E-state index < -0.39 is 35.5 Å². The molecule has 8 nitrogen and oxygen atoms in total. The summed E-state index contributed by atoms with van der Waals surface area (Å²) in [6, 6.07) is 17.0. The van der Waals surface area contributed by atoms with Gasteiger partial charge in [0.15, 0.2) is 5.82 Å². The predicted octanol–water partition coefficient (Wildman–Crippen LogP) is 3.48. The Morgan fingerprint density at radius 3 is 2.18 bits per heavy atom. The molecule has 0 aromatic heterocycles. The van der Waals surface area contributed by atoms with Gasteiger partial charge in [0.05, 0.1) is 16.3 Å². The molecule has 0 heterocycles. The summed E-state index contributed by atoms with van der Waals surface area (Å²) in [7, 11) is 0.